The van der Waals surface area contributed by atoms with Crippen molar-refractivity contribution in [3.05, 3.63) is 192 Å². The SMILES string of the molecule is O=C(NCc1cc(CNC(=O)[C@@H](O)c2ccccc2)cc([P+](c2ccccc2)(c2ccccc2)c2ccccc2)c1)[C@@H](O)c1ccccc1. The molecule has 0 heterocycles. The molecule has 6 aromatic carbocycles. The Kier molecular flexibility index (Phi) is 10.7. The Labute approximate surface area is 287 Å². The monoisotopic (exact) mass is 665 g/mol. The molecule has 49 heavy (non-hydrogen) atoms. The summed E-state index contributed by atoms with van der Waals surface area (Å²) in [5.41, 5.74) is 2.64. The minimum absolute atomic E-state index is 0.155. The third kappa shape index (κ3) is 7.53. The standard InChI is InChI=1S/C42H37N2O4P/c45-39(33-16-6-1-7-17-33)41(47)43-29-31-26-32(30-44-42(48)40(46)34-18-8-2-9-19-34)28-38(27-31)49(35-20-10-3-11-21-35,36-22-12-4-13-23-36)37-24-14-5-15-25-37/h1-28,39-40,45-46H,29-30H2,(H-,43,44,47,48)/p+1/t39-,40-/m0/s1. The highest BCUT2D eigenvalue weighted by Crippen LogP contribution is 2.54. The van der Waals surface area contributed by atoms with Crippen molar-refractivity contribution in [2.45, 2.75) is 25.3 Å². The summed E-state index contributed by atoms with van der Waals surface area (Å²) in [4.78, 5) is 26.3. The second-order valence-electron chi connectivity index (χ2n) is 11.7. The van der Waals surface area contributed by atoms with Crippen LogP contribution >= 0.6 is 7.26 Å². The molecule has 7 heteroatoms. The molecule has 0 spiro atoms. The average Bonchev–Trinajstić information content (AvgIpc) is 3.17. The second kappa shape index (κ2) is 15.7. The lowest BCUT2D eigenvalue weighted by molar-refractivity contribution is -0.130. The van der Waals surface area contributed by atoms with E-state index in [0.717, 1.165) is 32.3 Å². The summed E-state index contributed by atoms with van der Waals surface area (Å²) in [5.74, 6) is -1.01. The third-order valence-corrected chi connectivity index (χ3v) is 12.8. The quantitative estimate of drug-likeness (QED) is 0.138. The van der Waals surface area contributed by atoms with Crippen LogP contribution in [0.1, 0.15) is 34.5 Å². The first kappa shape index (κ1) is 33.5. The van der Waals surface area contributed by atoms with Crippen molar-refractivity contribution in [2.24, 2.45) is 0 Å². The van der Waals surface area contributed by atoms with Gasteiger partial charge in [0.05, 0.1) is 0 Å². The minimum Gasteiger partial charge on any atom is -0.378 e. The topological polar surface area (TPSA) is 98.7 Å². The van der Waals surface area contributed by atoms with Gasteiger partial charge in [0.25, 0.3) is 11.8 Å². The van der Waals surface area contributed by atoms with Gasteiger partial charge < -0.3 is 20.8 Å². The normalized spacial score (nSPS) is 12.4. The number of aliphatic hydroxyl groups excluding tert-OH is 2. The average molecular weight is 666 g/mol. The molecule has 4 N–H and O–H groups in total. The molecule has 0 unspecified atom stereocenters. The van der Waals surface area contributed by atoms with E-state index >= 15 is 0 Å². The predicted molar refractivity (Wildman–Crippen MR) is 198 cm³/mol. The molecule has 6 nitrogen and oxygen atoms in total. The van der Waals surface area contributed by atoms with E-state index in [1.165, 1.54) is 0 Å². The molecular formula is C42H38N2O4P+. The van der Waals surface area contributed by atoms with E-state index in [1.54, 1.807) is 48.5 Å². The number of rotatable bonds is 12. The van der Waals surface area contributed by atoms with Crippen molar-refractivity contribution in [3.8, 4) is 0 Å². The largest absolute Gasteiger partial charge is 0.378 e. The van der Waals surface area contributed by atoms with Crippen molar-refractivity contribution in [1.29, 1.82) is 0 Å². The molecule has 6 aromatic rings. The van der Waals surface area contributed by atoms with E-state index < -0.39 is 31.3 Å². The van der Waals surface area contributed by atoms with Crippen LogP contribution in [-0.4, -0.2) is 22.0 Å². The number of aliphatic hydroxyl groups is 2. The molecule has 0 saturated heterocycles. The highest BCUT2D eigenvalue weighted by atomic mass is 31.2. The predicted octanol–water partition coefficient (Wildman–Crippen LogP) is 5.01. The molecule has 0 fully saturated rings. The van der Waals surface area contributed by atoms with E-state index in [2.05, 4.69) is 95.6 Å². The maximum Gasteiger partial charge on any atom is 0.253 e. The fourth-order valence-electron chi connectivity index (χ4n) is 6.14. The van der Waals surface area contributed by atoms with Crippen LogP contribution in [0.15, 0.2) is 170 Å². The molecule has 244 valence electrons. The van der Waals surface area contributed by atoms with E-state index in [9.17, 15) is 19.8 Å². The Hall–Kier alpha value is -5.39. The van der Waals surface area contributed by atoms with Crippen LogP contribution < -0.4 is 31.9 Å². The van der Waals surface area contributed by atoms with E-state index in [0.29, 0.717) is 11.1 Å². The van der Waals surface area contributed by atoms with Crippen molar-refractivity contribution in [2.75, 3.05) is 0 Å². The Bertz CT molecular complexity index is 1800. The van der Waals surface area contributed by atoms with Crippen LogP contribution in [-0.2, 0) is 22.7 Å². The second-order valence-corrected chi connectivity index (χ2v) is 15.2. The van der Waals surface area contributed by atoms with Crippen LogP contribution in [0.25, 0.3) is 0 Å². The first-order chi connectivity index (χ1) is 24.0. The molecule has 0 aromatic heterocycles. The number of carbonyl (C=O) groups excluding carboxylic acids is 2. The highest BCUT2D eigenvalue weighted by Gasteiger charge is 2.48. The van der Waals surface area contributed by atoms with Gasteiger partial charge in [0, 0.05) is 13.1 Å². The van der Waals surface area contributed by atoms with Gasteiger partial charge in [-0.25, -0.2) is 0 Å². The van der Waals surface area contributed by atoms with Gasteiger partial charge in [0.1, 0.15) is 28.5 Å². The van der Waals surface area contributed by atoms with E-state index in [-0.39, 0.29) is 13.1 Å². The zero-order valence-corrected chi connectivity index (χ0v) is 27.8. The molecule has 0 aliphatic rings. The van der Waals surface area contributed by atoms with Crippen LogP contribution in [0.2, 0.25) is 0 Å². The smallest absolute Gasteiger partial charge is 0.253 e. The number of hydrogen-bond donors (Lipinski definition) is 4. The van der Waals surface area contributed by atoms with Gasteiger partial charge in [-0.15, -0.1) is 0 Å². The van der Waals surface area contributed by atoms with Crippen LogP contribution in [0, 0.1) is 0 Å². The van der Waals surface area contributed by atoms with Gasteiger partial charge in [-0.1, -0.05) is 121 Å². The fourth-order valence-corrected chi connectivity index (χ4v) is 10.5. The number of carbonyl (C=O) groups is 2. The first-order valence-corrected chi connectivity index (χ1v) is 18.0. The number of benzene rings is 6. The summed E-state index contributed by atoms with van der Waals surface area (Å²) in [6, 6.07) is 55.2. The zero-order chi connectivity index (χ0) is 34.1. The highest BCUT2D eigenvalue weighted by molar-refractivity contribution is 8.01. The maximum absolute atomic E-state index is 13.1. The summed E-state index contributed by atoms with van der Waals surface area (Å²) < 4.78 is 0. The summed E-state index contributed by atoms with van der Waals surface area (Å²) in [6.45, 7) is 0.311. The summed E-state index contributed by atoms with van der Waals surface area (Å²) >= 11 is 0. The molecule has 0 bridgehead atoms. The lowest BCUT2D eigenvalue weighted by atomic mass is 10.1. The number of hydrogen-bond acceptors (Lipinski definition) is 4. The molecule has 0 aliphatic carbocycles. The lowest BCUT2D eigenvalue weighted by Crippen LogP contribution is -2.39. The first-order valence-electron chi connectivity index (χ1n) is 16.2. The van der Waals surface area contributed by atoms with E-state index in [1.807, 2.05) is 36.4 Å². The van der Waals surface area contributed by atoms with Crippen LogP contribution in [0.4, 0.5) is 0 Å². The van der Waals surface area contributed by atoms with Crippen LogP contribution in [0.3, 0.4) is 0 Å². The minimum atomic E-state index is -2.51. The molecule has 0 aliphatic heterocycles. The van der Waals surface area contributed by atoms with E-state index in [4.69, 9.17) is 0 Å². The molecule has 0 saturated carbocycles. The van der Waals surface area contributed by atoms with Crippen molar-refractivity contribution in [3.63, 3.8) is 0 Å². The van der Waals surface area contributed by atoms with Gasteiger partial charge in [0.2, 0.25) is 0 Å². The maximum atomic E-state index is 13.1. The lowest BCUT2D eigenvalue weighted by Gasteiger charge is -2.28. The number of amides is 2. The molecule has 6 rings (SSSR count). The summed E-state index contributed by atoms with van der Waals surface area (Å²) in [7, 11) is -2.51. The summed E-state index contributed by atoms with van der Waals surface area (Å²) in [6.07, 6.45) is -2.63. The van der Waals surface area contributed by atoms with Gasteiger partial charge in [-0.3, -0.25) is 9.59 Å². The molecule has 2 atom stereocenters. The van der Waals surface area contributed by atoms with Gasteiger partial charge in [-0.2, -0.15) is 0 Å². The Balaban J connectivity index is 1.44. The zero-order valence-electron chi connectivity index (χ0n) is 26.9. The van der Waals surface area contributed by atoms with Crippen molar-refractivity contribution < 1.29 is 19.8 Å². The van der Waals surface area contributed by atoms with Gasteiger partial charge >= 0.3 is 0 Å². The fraction of sp³-hybridized carbons (Fsp3) is 0.0952. The van der Waals surface area contributed by atoms with Crippen LogP contribution in [0.5, 0.6) is 0 Å². The number of nitrogens with one attached hydrogen (secondary N) is 2. The third-order valence-electron chi connectivity index (χ3n) is 8.52. The Morgan fingerprint density at radius 2 is 0.755 bits per heavy atom. The van der Waals surface area contributed by atoms with Crippen molar-refractivity contribution >= 4 is 40.3 Å². The molecular weight excluding hydrogens is 627 g/mol. The Morgan fingerprint density at radius 1 is 0.449 bits per heavy atom. The molecule has 2 amide bonds. The Morgan fingerprint density at radius 3 is 1.08 bits per heavy atom. The van der Waals surface area contributed by atoms with Gasteiger partial charge in [-0.05, 0) is 70.8 Å². The summed E-state index contributed by atoms with van der Waals surface area (Å²) in [5, 5.41) is 31.9. The van der Waals surface area contributed by atoms with Gasteiger partial charge in [0.15, 0.2) is 12.2 Å². The molecule has 0 radical (unpaired) electrons. The van der Waals surface area contributed by atoms with Crippen molar-refractivity contribution in [1.82, 2.24) is 10.6 Å².